The molecule has 32 heavy (non-hydrogen) atoms. The summed E-state index contributed by atoms with van der Waals surface area (Å²) in [7, 11) is 0. The summed E-state index contributed by atoms with van der Waals surface area (Å²) < 4.78 is 10.5. The van der Waals surface area contributed by atoms with Gasteiger partial charge in [0.05, 0.1) is 17.7 Å². The van der Waals surface area contributed by atoms with Crippen LogP contribution in [0.15, 0.2) is 48.5 Å². The third kappa shape index (κ3) is 5.14. The first-order valence-electron chi connectivity index (χ1n) is 10.6. The van der Waals surface area contributed by atoms with Crippen molar-refractivity contribution in [3.8, 4) is 5.75 Å². The van der Waals surface area contributed by atoms with E-state index >= 15 is 0 Å². The second-order valence-electron chi connectivity index (χ2n) is 7.30. The predicted octanol–water partition coefficient (Wildman–Crippen LogP) is 3.42. The van der Waals surface area contributed by atoms with Crippen LogP contribution >= 0.6 is 0 Å². The Labute approximate surface area is 186 Å². The van der Waals surface area contributed by atoms with Crippen molar-refractivity contribution in [2.75, 3.05) is 18.5 Å². The van der Waals surface area contributed by atoms with Crippen LogP contribution in [-0.2, 0) is 14.3 Å². The Morgan fingerprint density at radius 3 is 2.16 bits per heavy atom. The number of hydrogen-bond acceptors (Lipinski definition) is 6. The minimum absolute atomic E-state index is 0.264. The lowest BCUT2D eigenvalue weighted by Gasteiger charge is -2.24. The number of rotatable bonds is 10. The molecule has 0 fully saturated rings. The fourth-order valence-corrected chi connectivity index (χ4v) is 3.47. The first kappa shape index (κ1) is 23.0. The summed E-state index contributed by atoms with van der Waals surface area (Å²) in [6.45, 7) is 3.82. The van der Waals surface area contributed by atoms with Crippen LogP contribution in [0.1, 0.15) is 53.8 Å². The minimum atomic E-state index is -1.08. The highest BCUT2D eigenvalue weighted by molar-refractivity contribution is 6.22. The molecule has 8 heteroatoms. The van der Waals surface area contributed by atoms with E-state index in [1.54, 1.807) is 48.5 Å². The SMILES string of the molecule is CCCC[C@@H](C(=O)OCC(=O)Nc1ccc(OCC)cc1)N1C(=O)c2ccccc2C1=O. The van der Waals surface area contributed by atoms with Crippen molar-refractivity contribution >= 4 is 29.4 Å². The van der Waals surface area contributed by atoms with Crippen molar-refractivity contribution in [2.45, 2.75) is 39.2 Å². The number of benzene rings is 2. The van der Waals surface area contributed by atoms with Crippen molar-refractivity contribution in [2.24, 2.45) is 0 Å². The molecule has 0 saturated heterocycles. The Kier molecular flexibility index (Phi) is 7.59. The maximum absolute atomic E-state index is 12.8. The van der Waals surface area contributed by atoms with Crippen LogP contribution in [-0.4, -0.2) is 47.8 Å². The van der Waals surface area contributed by atoms with Gasteiger partial charge in [-0.25, -0.2) is 4.79 Å². The number of nitrogens with one attached hydrogen (secondary N) is 1. The smallest absolute Gasteiger partial charge is 0.329 e. The fourth-order valence-electron chi connectivity index (χ4n) is 3.47. The Morgan fingerprint density at radius 1 is 0.969 bits per heavy atom. The molecule has 2 aromatic rings. The van der Waals surface area contributed by atoms with Crippen molar-refractivity contribution in [3.63, 3.8) is 0 Å². The summed E-state index contributed by atoms with van der Waals surface area (Å²) in [6.07, 6.45) is 1.65. The molecule has 2 aromatic carbocycles. The van der Waals surface area contributed by atoms with Gasteiger partial charge in [0.1, 0.15) is 11.8 Å². The van der Waals surface area contributed by atoms with Gasteiger partial charge in [-0.05, 0) is 49.7 Å². The number of carbonyl (C=O) groups excluding carboxylic acids is 4. The van der Waals surface area contributed by atoms with Crippen LogP contribution in [0.5, 0.6) is 5.75 Å². The highest BCUT2D eigenvalue weighted by Crippen LogP contribution is 2.27. The third-order valence-corrected chi connectivity index (χ3v) is 5.03. The Hall–Kier alpha value is -3.68. The predicted molar refractivity (Wildman–Crippen MR) is 117 cm³/mol. The number of esters is 1. The number of unbranched alkanes of at least 4 members (excludes halogenated alkanes) is 1. The average molecular weight is 438 g/mol. The number of hydrogen-bond donors (Lipinski definition) is 1. The molecule has 1 atom stereocenters. The summed E-state index contributed by atoms with van der Waals surface area (Å²) in [5.74, 6) is -1.68. The van der Waals surface area contributed by atoms with Gasteiger partial charge in [0, 0.05) is 5.69 Å². The topological polar surface area (TPSA) is 102 Å². The van der Waals surface area contributed by atoms with Gasteiger partial charge in [-0.2, -0.15) is 0 Å². The van der Waals surface area contributed by atoms with Gasteiger partial charge >= 0.3 is 5.97 Å². The van der Waals surface area contributed by atoms with Crippen LogP contribution < -0.4 is 10.1 Å². The lowest BCUT2D eigenvalue weighted by atomic mass is 10.1. The number of imide groups is 1. The fraction of sp³-hybridized carbons (Fsp3) is 0.333. The molecular formula is C24H26N2O6. The maximum atomic E-state index is 12.8. The molecule has 1 N–H and O–H groups in total. The molecule has 0 spiro atoms. The van der Waals surface area contributed by atoms with Gasteiger partial charge in [-0.3, -0.25) is 19.3 Å². The number of anilines is 1. The van der Waals surface area contributed by atoms with Crippen molar-refractivity contribution in [3.05, 3.63) is 59.7 Å². The molecule has 168 valence electrons. The van der Waals surface area contributed by atoms with E-state index in [9.17, 15) is 19.2 Å². The molecule has 0 saturated carbocycles. The van der Waals surface area contributed by atoms with E-state index in [0.29, 0.717) is 24.5 Å². The number of carbonyl (C=O) groups is 4. The second-order valence-corrected chi connectivity index (χ2v) is 7.30. The van der Waals surface area contributed by atoms with Gasteiger partial charge in [0.25, 0.3) is 17.7 Å². The molecule has 1 heterocycles. The zero-order valence-electron chi connectivity index (χ0n) is 18.1. The van der Waals surface area contributed by atoms with E-state index in [0.717, 1.165) is 11.3 Å². The largest absolute Gasteiger partial charge is 0.494 e. The third-order valence-electron chi connectivity index (χ3n) is 5.03. The summed E-state index contributed by atoms with van der Waals surface area (Å²) >= 11 is 0. The van der Waals surface area contributed by atoms with Gasteiger partial charge in [-0.1, -0.05) is 31.9 Å². The first-order valence-corrected chi connectivity index (χ1v) is 10.6. The highest BCUT2D eigenvalue weighted by atomic mass is 16.5. The lowest BCUT2D eigenvalue weighted by Crippen LogP contribution is -2.46. The molecule has 0 aliphatic carbocycles. The zero-order chi connectivity index (χ0) is 23.1. The molecule has 3 amide bonds. The van der Waals surface area contributed by atoms with Gasteiger partial charge in [0.2, 0.25) is 0 Å². The summed E-state index contributed by atoms with van der Waals surface area (Å²) in [6, 6.07) is 12.1. The highest BCUT2D eigenvalue weighted by Gasteiger charge is 2.43. The van der Waals surface area contributed by atoms with E-state index in [1.807, 2.05) is 13.8 Å². The summed E-state index contributed by atoms with van der Waals surface area (Å²) in [4.78, 5) is 51.5. The zero-order valence-corrected chi connectivity index (χ0v) is 18.1. The van der Waals surface area contributed by atoms with Crippen molar-refractivity contribution in [1.29, 1.82) is 0 Å². The number of amides is 3. The minimum Gasteiger partial charge on any atom is -0.494 e. The summed E-state index contributed by atoms with van der Waals surface area (Å²) in [5, 5.41) is 2.63. The molecule has 0 radical (unpaired) electrons. The van der Waals surface area contributed by atoms with Crippen LogP contribution in [0.2, 0.25) is 0 Å². The Bertz CT molecular complexity index is 967. The molecule has 0 unspecified atom stereocenters. The summed E-state index contributed by atoms with van der Waals surface area (Å²) in [5.41, 5.74) is 1.05. The lowest BCUT2D eigenvalue weighted by molar-refractivity contribution is -0.151. The number of fused-ring (bicyclic) bond motifs is 1. The number of ether oxygens (including phenoxy) is 2. The quantitative estimate of drug-likeness (QED) is 0.450. The van der Waals surface area contributed by atoms with E-state index < -0.39 is 36.3 Å². The molecule has 3 rings (SSSR count). The van der Waals surface area contributed by atoms with Crippen molar-refractivity contribution in [1.82, 2.24) is 4.90 Å². The van der Waals surface area contributed by atoms with Crippen LogP contribution in [0.3, 0.4) is 0 Å². The Morgan fingerprint density at radius 2 is 1.59 bits per heavy atom. The van der Waals surface area contributed by atoms with E-state index in [2.05, 4.69) is 5.32 Å². The number of nitrogens with zero attached hydrogens (tertiary/aromatic N) is 1. The molecular weight excluding hydrogens is 412 g/mol. The van der Waals surface area contributed by atoms with Crippen molar-refractivity contribution < 1.29 is 28.7 Å². The molecule has 1 aliphatic heterocycles. The molecule has 0 bridgehead atoms. The van der Waals surface area contributed by atoms with E-state index in [4.69, 9.17) is 9.47 Å². The standard InChI is InChI=1S/C24H26N2O6/c1-3-5-10-20(26-22(28)18-8-6-7-9-19(18)23(26)29)24(30)32-15-21(27)25-16-11-13-17(14-12-16)31-4-2/h6-9,11-14,20H,3-5,10,15H2,1-2H3,(H,25,27)/t20-/m0/s1. The molecule has 0 aromatic heterocycles. The normalized spacial score (nSPS) is 13.5. The van der Waals surface area contributed by atoms with Gasteiger partial charge < -0.3 is 14.8 Å². The second kappa shape index (κ2) is 10.6. The monoisotopic (exact) mass is 438 g/mol. The van der Waals surface area contributed by atoms with Crippen LogP contribution in [0, 0.1) is 0 Å². The van der Waals surface area contributed by atoms with Crippen LogP contribution in [0.25, 0.3) is 0 Å². The average Bonchev–Trinajstić information content (AvgIpc) is 3.05. The van der Waals surface area contributed by atoms with E-state index in [-0.39, 0.29) is 17.5 Å². The maximum Gasteiger partial charge on any atom is 0.329 e. The Balaban J connectivity index is 1.63. The first-order chi connectivity index (χ1) is 15.5. The molecule has 1 aliphatic rings. The van der Waals surface area contributed by atoms with E-state index in [1.165, 1.54) is 0 Å². The van der Waals surface area contributed by atoms with Gasteiger partial charge in [-0.15, -0.1) is 0 Å². The molecule has 8 nitrogen and oxygen atoms in total. The van der Waals surface area contributed by atoms with Gasteiger partial charge in [0.15, 0.2) is 6.61 Å². The van der Waals surface area contributed by atoms with Crippen LogP contribution in [0.4, 0.5) is 5.69 Å².